The van der Waals surface area contributed by atoms with Gasteiger partial charge < -0.3 is 9.26 Å². The van der Waals surface area contributed by atoms with Crippen LogP contribution in [0.1, 0.15) is 36.9 Å². The predicted octanol–water partition coefficient (Wildman–Crippen LogP) is 4.56. The molecule has 0 unspecified atom stereocenters. The summed E-state index contributed by atoms with van der Waals surface area (Å²) in [4.78, 5) is 0.184. The Hall–Kier alpha value is -2.64. The van der Waals surface area contributed by atoms with Crippen molar-refractivity contribution >= 4 is 15.9 Å². The monoisotopic (exact) mass is 398 g/mol. The Kier molecular flexibility index (Phi) is 5.19. The zero-order valence-corrected chi connectivity index (χ0v) is 16.4. The summed E-state index contributed by atoms with van der Waals surface area (Å²) in [6.07, 6.45) is 2.14. The van der Waals surface area contributed by atoms with Crippen molar-refractivity contribution in [3.8, 4) is 11.1 Å². The normalized spacial score (nSPS) is 14.2. The summed E-state index contributed by atoms with van der Waals surface area (Å²) in [7, 11) is -3.85. The summed E-state index contributed by atoms with van der Waals surface area (Å²) in [5.41, 5.74) is 3.18. The number of hydrogen-bond donors (Lipinski definition) is 1. The molecular weight excluding hydrogens is 376 g/mol. The third-order valence-corrected chi connectivity index (χ3v) is 6.11. The van der Waals surface area contributed by atoms with E-state index >= 15 is 0 Å². The lowest BCUT2D eigenvalue weighted by atomic mass is 10.0. The molecule has 3 aromatic rings. The van der Waals surface area contributed by atoms with Crippen molar-refractivity contribution in [2.45, 2.75) is 37.2 Å². The Balaban J connectivity index is 1.69. The summed E-state index contributed by atoms with van der Waals surface area (Å²) >= 11 is 0. The van der Waals surface area contributed by atoms with E-state index in [-0.39, 0.29) is 10.8 Å². The van der Waals surface area contributed by atoms with Crippen LogP contribution in [0.5, 0.6) is 0 Å². The first-order chi connectivity index (χ1) is 13.6. The summed E-state index contributed by atoms with van der Waals surface area (Å²) < 4.78 is 39.4. The van der Waals surface area contributed by atoms with Gasteiger partial charge in [-0.25, -0.2) is 13.1 Å². The first-order valence-corrected chi connectivity index (χ1v) is 10.8. The molecule has 7 heteroatoms. The lowest BCUT2D eigenvalue weighted by molar-refractivity contribution is 0.134. The van der Waals surface area contributed by atoms with E-state index in [1.165, 1.54) is 0 Å². The Morgan fingerprint density at radius 1 is 1.11 bits per heavy atom. The van der Waals surface area contributed by atoms with Gasteiger partial charge in [0.15, 0.2) is 0 Å². The summed E-state index contributed by atoms with van der Waals surface area (Å²) in [5.74, 6) is 0.527. The number of hydrogen-bond acceptors (Lipinski definition) is 5. The predicted molar refractivity (Wildman–Crippen MR) is 106 cm³/mol. The van der Waals surface area contributed by atoms with Crippen LogP contribution in [0.2, 0.25) is 0 Å². The van der Waals surface area contributed by atoms with E-state index in [0.717, 1.165) is 29.7 Å². The molecule has 146 valence electrons. The SMILES string of the molecule is CCOCc1ccccc1-c1ccccc1S(=O)(=O)Nc1cc(C2CC2)no1. The highest BCUT2D eigenvalue weighted by Crippen LogP contribution is 2.40. The second-order valence-electron chi connectivity index (χ2n) is 6.79. The van der Waals surface area contributed by atoms with Crippen molar-refractivity contribution in [1.29, 1.82) is 0 Å². The van der Waals surface area contributed by atoms with Crippen LogP contribution in [0.4, 0.5) is 5.88 Å². The average molecular weight is 398 g/mol. The number of anilines is 1. The molecule has 1 fully saturated rings. The molecule has 6 nitrogen and oxygen atoms in total. The van der Waals surface area contributed by atoms with E-state index in [1.807, 2.05) is 37.3 Å². The van der Waals surface area contributed by atoms with Gasteiger partial charge in [-0.2, -0.15) is 0 Å². The van der Waals surface area contributed by atoms with Gasteiger partial charge in [0.05, 0.1) is 17.2 Å². The maximum absolute atomic E-state index is 13.1. The number of nitrogens with zero attached hydrogens (tertiary/aromatic N) is 1. The van der Waals surface area contributed by atoms with Crippen LogP contribution >= 0.6 is 0 Å². The molecule has 0 aliphatic heterocycles. The Bertz CT molecular complexity index is 1070. The van der Waals surface area contributed by atoms with Crippen LogP contribution in [0.25, 0.3) is 11.1 Å². The summed E-state index contributed by atoms with van der Waals surface area (Å²) in [5, 5.41) is 3.97. The van der Waals surface area contributed by atoms with E-state index in [1.54, 1.807) is 24.3 Å². The molecule has 0 spiro atoms. The molecule has 1 aliphatic carbocycles. The van der Waals surface area contributed by atoms with Gasteiger partial charge in [0.25, 0.3) is 10.0 Å². The van der Waals surface area contributed by atoms with Crippen LogP contribution in [-0.4, -0.2) is 20.2 Å². The third-order valence-electron chi connectivity index (χ3n) is 4.70. The second-order valence-corrected chi connectivity index (χ2v) is 8.44. The lowest BCUT2D eigenvalue weighted by Crippen LogP contribution is -2.14. The Morgan fingerprint density at radius 2 is 1.82 bits per heavy atom. The molecule has 0 atom stereocenters. The van der Waals surface area contributed by atoms with Crippen LogP contribution in [0, 0.1) is 0 Å². The number of nitrogens with one attached hydrogen (secondary N) is 1. The van der Waals surface area contributed by atoms with Crippen LogP contribution in [0.15, 0.2) is 64.0 Å². The van der Waals surface area contributed by atoms with Gasteiger partial charge in [-0.15, -0.1) is 0 Å². The molecule has 0 amide bonds. The minimum absolute atomic E-state index is 0.138. The number of sulfonamides is 1. The van der Waals surface area contributed by atoms with E-state index in [9.17, 15) is 8.42 Å². The van der Waals surface area contributed by atoms with Gasteiger partial charge in [-0.05, 0) is 37.0 Å². The van der Waals surface area contributed by atoms with Gasteiger partial charge in [-0.3, -0.25) is 0 Å². The smallest absolute Gasteiger partial charge is 0.264 e. The fourth-order valence-electron chi connectivity index (χ4n) is 3.14. The number of aromatic nitrogens is 1. The minimum Gasteiger partial charge on any atom is -0.377 e. The number of benzene rings is 2. The van der Waals surface area contributed by atoms with Gasteiger partial charge in [-0.1, -0.05) is 47.6 Å². The van der Waals surface area contributed by atoms with Gasteiger partial charge in [0, 0.05) is 24.2 Å². The standard InChI is InChI=1S/C21H22N2O4S/c1-2-26-14-16-7-3-4-8-17(16)18-9-5-6-10-20(18)28(24,25)23-21-13-19(22-27-21)15-11-12-15/h3-10,13,15,23H,2,11-12,14H2,1H3. The second kappa shape index (κ2) is 7.77. The van der Waals surface area contributed by atoms with Crippen LogP contribution in [0.3, 0.4) is 0 Å². The zero-order chi connectivity index (χ0) is 19.6. The quantitative estimate of drug-likeness (QED) is 0.602. The van der Waals surface area contributed by atoms with E-state index < -0.39 is 10.0 Å². The highest BCUT2D eigenvalue weighted by Gasteiger charge is 2.28. The van der Waals surface area contributed by atoms with Gasteiger partial charge in [0.1, 0.15) is 0 Å². The molecule has 0 bridgehead atoms. The molecule has 1 heterocycles. The molecule has 4 rings (SSSR count). The molecule has 0 radical (unpaired) electrons. The lowest BCUT2D eigenvalue weighted by Gasteiger charge is -2.14. The minimum atomic E-state index is -3.85. The summed E-state index contributed by atoms with van der Waals surface area (Å²) in [6.45, 7) is 2.93. The first kappa shape index (κ1) is 18.7. The maximum atomic E-state index is 13.1. The molecule has 0 saturated heterocycles. The molecule has 1 aromatic heterocycles. The van der Waals surface area contributed by atoms with Gasteiger partial charge >= 0.3 is 0 Å². The van der Waals surface area contributed by atoms with Crippen LogP contribution < -0.4 is 4.72 Å². The highest BCUT2D eigenvalue weighted by atomic mass is 32.2. The van der Waals surface area contributed by atoms with E-state index in [2.05, 4.69) is 9.88 Å². The zero-order valence-electron chi connectivity index (χ0n) is 15.6. The molecular formula is C21H22N2O4S. The summed E-state index contributed by atoms with van der Waals surface area (Å²) in [6, 6.07) is 16.2. The van der Waals surface area contributed by atoms with Crippen molar-refractivity contribution in [2.24, 2.45) is 0 Å². The van der Waals surface area contributed by atoms with Crippen molar-refractivity contribution in [3.05, 3.63) is 65.9 Å². The molecule has 28 heavy (non-hydrogen) atoms. The number of ether oxygens (including phenoxy) is 1. The molecule has 1 aliphatic rings. The number of rotatable bonds is 8. The average Bonchev–Trinajstić information content (AvgIpc) is 3.46. The van der Waals surface area contributed by atoms with Gasteiger partial charge in [0.2, 0.25) is 5.88 Å². The first-order valence-electron chi connectivity index (χ1n) is 9.33. The van der Waals surface area contributed by atoms with Crippen molar-refractivity contribution in [1.82, 2.24) is 5.16 Å². The topological polar surface area (TPSA) is 81.4 Å². The van der Waals surface area contributed by atoms with Crippen molar-refractivity contribution < 1.29 is 17.7 Å². The van der Waals surface area contributed by atoms with E-state index in [0.29, 0.717) is 24.7 Å². The van der Waals surface area contributed by atoms with E-state index in [4.69, 9.17) is 9.26 Å². The molecule has 1 N–H and O–H groups in total. The fourth-order valence-corrected chi connectivity index (χ4v) is 4.34. The Morgan fingerprint density at radius 3 is 2.57 bits per heavy atom. The van der Waals surface area contributed by atoms with Crippen molar-refractivity contribution in [2.75, 3.05) is 11.3 Å². The largest absolute Gasteiger partial charge is 0.377 e. The molecule has 2 aromatic carbocycles. The molecule has 1 saturated carbocycles. The Labute approximate surface area is 164 Å². The van der Waals surface area contributed by atoms with Crippen LogP contribution in [-0.2, 0) is 21.4 Å². The third kappa shape index (κ3) is 3.95. The maximum Gasteiger partial charge on any atom is 0.264 e. The fraction of sp³-hybridized carbons (Fsp3) is 0.286. The highest BCUT2D eigenvalue weighted by molar-refractivity contribution is 7.92. The van der Waals surface area contributed by atoms with Crippen molar-refractivity contribution in [3.63, 3.8) is 0 Å².